The maximum absolute atomic E-state index is 13.6. The lowest BCUT2D eigenvalue weighted by molar-refractivity contribution is -0.133. The number of hydrogen-bond acceptors (Lipinski definition) is 5. The lowest BCUT2D eigenvalue weighted by Gasteiger charge is -2.44. The van der Waals surface area contributed by atoms with Gasteiger partial charge < -0.3 is 24.8 Å². The molecule has 3 amide bonds. The zero-order valence-electron chi connectivity index (χ0n) is 18.7. The monoisotopic (exact) mass is 439 g/mol. The fraction of sp³-hybridized carbons (Fsp3) is 0.478. The Hall–Kier alpha value is -3.20. The molecule has 1 aromatic carbocycles. The quantitative estimate of drug-likeness (QED) is 0.611. The molecule has 1 aliphatic carbocycles. The van der Waals surface area contributed by atoms with Crippen molar-refractivity contribution in [3.05, 3.63) is 47.5 Å². The number of aromatic nitrogens is 2. The van der Waals surface area contributed by atoms with Gasteiger partial charge in [0.2, 0.25) is 5.91 Å². The van der Waals surface area contributed by atoms with E-state index in [9.17, 15) is 14.4 Å². The SMILES string of the molecule is CCc1ccccc1NC(=O)c1ncn2c1C(=O)N(C1CC1)C(C)(C(=O)NCCOC)C2. The Labute approximate surface area is 187 Å². The topological polar surface area (TPSA) is 106 Å². The number of methoxy groups -OCH3 is 1. The van der Waals surface area contributed by atoms with Gasteiger partial charge in [-0.3, -0.25) is 14.4 Å². The average molecular weight is 440 g/mol. The van der Waals surface area contributed by atoms with Crippen LogP contribution in [0.4, 0.5) is 5.69 Å². The molecule has 1 fully saturated rings. The van der Waals surface area contributed by atoms with Crippen molar-refractivity contribution >= 4 is 23.4 Å². The highest BCUT2D eigenvalue weighted by molar-refractivity contribution is 6.12. The van der Waals surface area contributed by atoms with Gasteiger partial charge >= 0.3 is 0 Å². The first-order chi connectivity index (χ1) is 15.4. The van der Waals surface area contributed by atoms with Gasteiger partial charge in [0.05, 0.1) is 19.5 Å². The van der Waals surface area contributed by atoms with Crippen LogP contribution in [0.3, 0.4) is 0 Å². The third-order valence-corrected chi connectivity index (χ3v) is 6.12. The van der Waals surface area contributed by atoms with Crippen LogP contribution in [0.5, 0.6) is 0 Å². The molecule has 2 heterocycles. The second kappa shape index (κ2) is 8.74. The molecule has 2 N–H and O–H groups in total. The molecular weight excluding hydrogens is 410 g/mol. The number of imidazole rings is 1. The van der Waals surface area contributed by atoms with Crippen LogP contribution in [0.25, 0.3) is 0 Å². The number of para-hydroxylation sites is 1. The summed E-state index contributed by atoms with van der Waals surface area (Å²) in [7, 11) is 1.57. The van der Waals surface area contributed by atoms with Gasteiger partial charge in [0.1, 0.15) is 11.2 Å². The summed E-state index contributed by atoms with van der Waals surface area (Å²) in [6, 6.07) is 7.54. The molecule has 9 heteroatoms. The van der Waals surface area contributed by atoms with Crippen molar-refractivity contribution in [2.45, 2.75) is 51.2 Å². The second-order valence-corrected chi connectivity index (χ2v) is 8.46. The summed E-state index contributed by atoms with van der Waals surface area (Å²) < 4.78 is 6.64. The number of carbonyl (C=O) groups excluding carboxylic acids is 3. The Morgan fingerprint density at radius 1 is 1.28 bits per heavy atom. The molecule has 0 spiro atoms. The van der Waals surface area contributed by atoms with E-state index in [1.54, 1.807) is 23.5 Å². The Balaban J connectivity index is 1.63. The van der Waals surface area contributed by atoms with E-state index in [4.69, 9.17) is 4.74 Å². The van der Waals surface area contributed by atoms with Crippen LogP contribution in [0.15, 0.2) is 30.6 Å². The molecule has 2 aliphatic rings. The minimum Gasteiger partial charge on any atom is -0.383 e. The van der Waals surface area contributed by atoms with Gasteiger partial charge in [-0.2, -0.15) is 0 Å². The minimum atomic E-state index is -1.07. The number of hydrogen-bond donors (Lipinski definition) is 2. The summed E-state index contributed by atoms with van der Waals surface area (Å²) in [6.07, 6.45) is 3.92. The standard InChI is InChI=1S/C23H29N5O4/c1-4-15-7-5-6-8-17(15)26-20(29)18-19-21(30)28(16-9-10-16)23(2,13-27(19)14-25-18)22(31)24-11-12-32-3/h5-8,14,16H,4,9-13H2,1-3H3,(H,24,31)(H,26,29). The van der Waals surface area contributed by atoms with Crippen LogP contribution in [0.2, 0.25) is 0 Å². The van der Waals surface area contributed by atoms with Crippen LogP contribution >= 0.6 is 0 Å². The summed E-state index contributed by atoms with van der Waals surface area (Å²) in [5.74, 6) is -1.01. The minimum absolute atomic E-state index is 0.0129. The lowest BCUT2D eigenvalue weighted by atomic mass is 9.94. The van der Waals surface area contributed by atoms with Crippen molar-refractivity contribution < 1.29 is 19.1 Å². The van der Waals surface area contributed by atoms with Crippen molar-refractivity contribution in [1.29, 1.82) is 0 Å². The molecule has 170 valence electrons. The summed E-state index contributed by atoms with van der Waals surface area (Å²) in [5.41, 5.74) is 0.938. The number of fused-ring (bicyclic) bond motifs is 1. The summed E-state index contributed by atoms with van der Waals surface area (Å²) in [4.78, 5) is 45.6. The van der Waals surface area contributed by atoms with E-state index in [2.05, 4.69) is 15.6 Å². The number of rotatable bonds is 8. The van der Waals surface area contributed by atoms with E-state index in [0.717, 1.165) is 24.8 Å². The highest BCUT2D eigenvalue weighted by Gasteiger charge is 2.53. The third kappa shape index (κ3) is 3.88. The lowest BCUT2D eigenvalue weighted by Crippen LogP contribution is -2.65. The van der Waals surface area contributed by atoms with Gasteiger partial charge in [-0.25, -0.2) is 4.98 Å². The van der Waals surface area contributed by atoms with E-state index in [0.29, 0.717) is 18.8 Å². The molecule has 9 nitrogen and oxygen atoms in total. The van der Waals surface area contributed by atoms with E-state index < -0.39 is 11.4 Å². The van der Waals surface area contributed by atoms with Gasteiger partial charge in [0.15, 0.2) is 5.69 Å². The van der Waals surface area contributed by atoms with Crippen LogP contribution in [-0.4, -0.2) is 64.0 Å². The average Bonchev–Trinajstić information content (AvgIpc) is 3.51. The number of amides is 3. The highest BCUT2D eigenvalue weighted by Crippen LogP contribution is 2.38. The van der Waals surface area contributed by atoms with Crippen molar-refractivity contribution in [2.24, 2.45) is 0 Å². The molecular formula is C23H29N5O4. The van der Waals surface area contributed by atoms with Crippen molar-refractivity contribution in [1.82, 2.24) is 19.8 Å². The first-order valence-electron chi connectivity index (χ1n) is 11.0. The van der Waals surface area contributed by atoms with E-state index in [1.165, 1.54) is 6.33 Å². The number of benzene rings is 1. The highest BCUT2D eigenvalue weighted by atomic mass is 16.5. The molecule has 0 radical (unpaired) electrons. The van der Waals surface area contributed by atoms with Crippen molar-refractivity contribution in [2.75, 3.05) is 25.6 Å². The smallest absolute Gasteiger partial charge is 0.276 e. The number of nitrogens with one attached hydrogen (secondary N) is 2. The van der Waals surface area contributed by atoms with Crippen LogP contribution < -0.4 is 10.6 Å². The summed E-state index contributed by atoms with van der Waals surface area (Å²) in [5, 5.41) is 5.76. The van der Waals surface area contributed by atoms with Gasteiger partial charge in [0, 0.05) is 25.4 Å². The van der Waals surface area contributed by atoms with Gasteiger partial charge in [-0.05, 0) is 37.8 Å². The predicted octanol–water partition coefficient (Wildman–Crippen LogP) is 1.84. The third-order valence-electron chi connectivity index (χ3n) is 6.12. The normalized spacial score (nSPS) is 20.1. The summed E-state index contributed by atoms with van der Waals surface area (Å²) in [6.45, 7) is 4.76. The van der Waals surface area contributed by atoms with Crippen LogP contribution in [-0.2, 0) is 22.5 Å². The Morgan fingerprint density at radius 3 is 2.72 bits per heavy atom. The number of anilines is 1. The van der Waals surface area contributed by atoms with Crippen molar-refractivity contribution in [3.8, 4) is 0 Å². The first-order valence-corrected chi connectivity index (χ1v) is 11.0. The molecule has 1 aromatic heterocycles. The second-order valence-electron chi connectivity index (χ2n) is 8.46. The number of ether oxygens (including phenoxy) is 1. The van der Waals surface area contributed by atoms with Gasteiger partial charge in [-0.15, -0.1) is 0 Å². The number of nitrogens with zero attached hydrogens (tertiary/aromatic N) is 3. The largest absolute Gasteiger partial charge is 0.383 e. The molecule has 0 bridgehead atoms. The van der Waals surface area contributed by atoms with Crippen LogP contribution in [0.1, 0.15) is 53.2 Å². The van der Waals surface area contributed by atoms with E-state index in [1.807, 2.05) is 31.2 Å². The Bertz CT molecular complexity index is 1040. The number of carbonyl (C=O) groups is 3. The Kier molecular flexibility index (Phi) is 6.01. The number of aryl methyl sites for hydroxylation is 1. The van der Waals surface area contributed by atoms with Gasteiger partial charge in [-0.1, -0.05) is 25.1 Å². The maximum atomic E-state index is 13.6. The first kappa shape index (κ1) is 22.0. The molecule has 2 aromatic rings. The molecule has 1 aliphatic heterocycles. The van der Waals surface area contributed by atoms with Crippen LogP contribution in [0, 0.1) is 0 Å². The van der Waals surface area contributed by atoms with Gasteiger partial charge in [0.25, 0.3) is 11.8 Å². The Morgan fingerprint density at radius 2 is 2.03 bits per heavy atom. The molecule has 32 heavy (non-hydrogen) atoms. The molecule has 4 rings (SSSR count). The molecule has 1 unspecified atom stereocenters. The molecule has 1 saturated carbocycles. The summed E-state index contributed by atoms with van der Waals surface area (Å²) >= 11 is 0. The maximum Gasteiger partial charge on any atom is 0.276 e. The van der Waals surface area contributed by atoms with Crippen molar-refractivity contribution in [3.63, 3.8) is 0 Å². The predicted molar refractivity (Wildman–Crippen MR) is 118 cm³/mol. The zero-order chi connectivity index (χ0) is 22.9. The fourth-order valence-corrected chi connectivity index (χ4v) is 4.31. The fourth-order valence-electron chi connectivity index (χ4n) is 4.31. The van der Waals surface area contributed by atoms with E-state index >= 15 is 0 Å². The zero-order valence-corrected chi connectivity index (χ0v) is 18.7. The molecule has 0 saturated heterocycles. The molecule has 1 atom stereocenters. The van der Waals surface area contributed by atoms with E-state index in [-0.39, 0.29) is 35.8 Å².